The number of rotatable bonds is 7. The Morgan fingerprint density at radius 1 is 1.14 bits per heavy atom. The molecule has 0 spiro atoms. The molecule has 1 aromatic heterocycles. The minimum Gasteiger partial charge on any atom is -0.383 e. The summed E-state index contributed by atoms with van der Waals surface area (Å²) in [5.74, 6) is 1.68. The van der Waals surface area contributed by atoms with Crippen LogP contribution in [0.15, 0.2) is 54.7 Å². The molecule has 2 aromatic carbocycles. The molecule has 36 heavy (non-hydrogen) atoms. The molecule has 2 amide bonds. The maximum atomic E-state index is 13.0. The van der Waals surface area contributed by atoms with Gasteiger partial charge < -0.3 is 9.64 Å². The molecular formula is C29H32N4O3. The van der Waals surface area contributed by atoms with Gasteiger partial charge in [0.25, 0.3) is 5.91 Å². The van der Waals surface area contributed by atoms with Gasteiger partial charge >= 0.3 is 0 Å². The molecule has 2 aliphatic heterocycles. The number of benzene rings is 2. The normalized spacial score (nSPS) is 17.2. The van der Waals surface area contributed by atoms with Crippen molar-refractivity contribution >= 4 is 17.6 Å². The van der Waals surface area contributed by atoms with Crippen LogP contribution < -0.4 is 4.90 Å². The van der Waals surface area contributed by atoms with Crippen molar-refractivity contribution in [3.8, 4) is 11.4 Å². The lowest BCUT2D eigenvalue weighted by molar-refractivity contribution is -0.117. The molecule has 5 rings (SSSR count). The van der Waals surface area contributed by atoms with E-state index in [4.69, 9.17) is 9.72 Å². The number of ether oxygens (including phenoxy) is 1. The highest BCUT2D eigenvalue weighted by molar-refractivity contribution is 6.00. The SMILES string of the molecule is COC[C@@H]1CCCN1C(=O)c1ccc(CN2C(=O)Cc3cnc(-c4ccccc4C(C)C)nc32)cc1. The molecule has 0 aliphatic carbocycles. The number of nitrogens with zero attached hydrogens (tertiary/aromatic N) is 4. The summed E-state index contributed by atoms with van der Waals surface area (Å²) < 4.78 is 5.29. The number of methoxy groups -OCH3 is 1. The molecule has 0 saturated carbocycles. The van der Waals surface area contributed by atoms with E-state index in [-0.39, 0.29) is 17.9 Å². The van der Waals surface area contributed by atoms with Crippen molar-refractivity contribution in [1.29, 1.82) is 0 Å². The zero-order valence-electron chi connectivity index (χ0n) is 21.1. The number of carbonyl (C=O) groups excluding carboxylic acids is 2. The van der Waals surface area contributed by atoms with Crippen LogP contribution in [0.2, 0.25) is 0 Å². The van der Waals surface area contributed by atoms with Gasteiger partial charge in [-0.3, -0.25) is 14.5 Å². The summed E-state index contributed by atoms with van der Waals surface area (Å²) in [6, 6.07) is 15.8. The average Bonchev–Trinajstić information content (AvgIpc) is 3.48. The van der Waals surface area contributed by atoms with Crippen molar-refractivity contribution in [2.45, 2.75) is 51.6 Å². The minimum absolute atomic E-state index is 0.00761. The predicted octanol–water partition coefficient (Wildman–Crippen LogP) is 4.61. The Balaban J connectivity index is 1.36. The van der Waals surface area contributed by atoms with Gasteiger partial charge in [-0.05, 0) is 42.0 Å². The number of fused-ring (bicyclic) bond motifs is 1. The lowest BCUT2D eigenvalue weighted by atomic mass is 9.97. The van der Waals surface area contributed by atoms with Gasteiger partial charge in [-0.25, -0.2) is 9.97 Å². The fraction of sp³-hybridized carbons (Fsp3) is 0.379. The number of carbonyl (C=O) groups is 2. The zero-order chi connectivity index (χ0) is 25.2. The highest BCUT2D eigenvalue weighted by Crippen LogP contribution is 2.32. The summed E-state index contributed by atoms with van der Waals surface area (Å²) in [6.07, 6.45) is 4.05. The molecule has 1 saturated heterocycles. The number of likely N-dealkylation sites (tertiary alicyclic amines) is 1. The van der Waals surface area contributed by atoms with Crippen molar-refractivity contribution in [2.75, 3.05) is 25.2 Å². The smallest absolute Gasteiger partial charge is 0.254 e. The lowest BCUT2D eigenvalue weighted by Gasteiger charge is -2.24. The Hall–Kier alpha value is -3.58. The molecule has 0 radical (unpaired) electrons. The van der Waals surface area contributed by atoms with Crippen LogP contribution in [0.4, 0.5) is 5.82 Å². The van der Waals surface area contributed by atoms with Gasteiger partial charge in [-0.15, -0.1) is 0 Å². The first-order valence-corrected chi connectivity index (χ1v) is 12.6. The Morgan fingerprint density at radius 3 is 2.67 bits per heavy atom. The second-order valence-electron chi connectivity index (χ2n) is 9.89. The molecule has 0 unspecified atom stereocenters. The number of anilines is 1. The van der Waals surface area contributed by atoms with Crippen LogP contribution in [0.1, 0.15) is 59.7 Å². The van der Waals surface area contributed by atoms with E-state index in [0.29, 0.717) is 42.7 Å². The van der Waals surface area contributed by atoms with Crippen LogP contribution in [0.25, 0.3) is 11.4 Å². The van der Waals surface area contributed by atoms with E-state index < -0.39 is 0 Å². The maximum absolute atomic E-state index is 13.0. The number of aromatic nitrogens is 2. The van der Waals surface area contributed by atoms with Crippen LogP contribution in [0, 0.1) is 0 Å². The van der Waals surface area contributed by atoms with E-state index in [1.165, 1.54) is 5.56 Å². The van der Waals surface area contributed by atoms with E-state index in [2.05, 4.69) is 24.9 Å². The monoisotopic (exact) mass is 484 g/mol. The standard InChI is InChI=1S/C29H32N4O3/c1-19(2)24-8-4-5-9-25(24)27-30-16-22-15-26(34)33(28(22)31-27)17-20-10-12-21(13-11-20)29(35)32-14-6-7-23(32)18-36-3/h4-5,8-13,16,19,23H,6-7,14-15,17-18H2,1-3H3/t23-/m0/s1. The van der Waals surface area contributed by atoms with E-state index in [1.54, 1.807) is 18.2 Å². The summed E-state index contributed by atoms with van der Waals surface area (Å²) in [5.41, 5.74) is 4.62. The van der Waals surface area contributed by atoms with E-state index in [0.717, 1.165) is 36.1 Å². The average molecular weight is 485 g/mol. The third kappa shape index (κ3) is 4.63. The molecule has 0 N–H and O–H groups in total. The van der Waals surface area contributed by atoms with E-state index in [1.807, 2.05) is 47.4 Å². The molecule has 3 aromatic rings. The van der Waals surface area contributed by atoms with E-state index >= 15 is 0 Å². The predicted molar refractivity (Wildman–Crippen MR) is 139 cm³/mol. The van der Waals surface area contributed by atoms with Gasteiger partial charge in [0.1, 0.15) is 5.82 Å². The largest absolute Gasteiger partial charge is 0.383 e. The van der Waals surface area contributed by atoms with Crippen molar-refractivity contribution in [1.82, 2.24) is 14.9 Å². The molecule has 1 fully saturated rings. The second kappa shape index (κ2) is 10.2. The second-order valence-corrected chi connectivity index (χ2v) is 9.89. The van der Waals surface area contributed by atoms with Gasteiger partial charge in [0.05, 0.1) is 25.6 Å². The molecule has 2 aliphatic rings. The first-order valence-electron chi connectivity index (χ1n) is 12.6. The fourth-order valence-corrected chi connectivity index (χ4v) is 5.20. The van der Waals surface area contributed by atoms with Crippen molar-refractivity contribution in [3.63, 3.8) is 0 Å². The van der Waals surface area contributed by atoms with Gasteiger partial charge in [0.2, 0.25) is 5.91 Å². The van der Waals surface area contributed by atoms with Gasteiger partial charge in [-0.1, -0.05) is 50.2 Å². The third-order valence-corrected chi connectivity index (χ3v) is 7.10. The summed E-state index contributed by atoms with van der Waals surface area (Å²) in [7, 11) is 1.67. The van der Waals surface area contributed by atoms with Gasteiger partial charge in [0.15, 0.2) is 5.82 Å². The summed E-state index contributed by atoms with van der Waals surface area (Å²) in [6.45, 7) is 6.02. The summed E-state index contributed by atoms with van der Waals surface area (Å²) in [4.78, 5) is 39.0. The third-order valence-electron chi connectivity index (χ3n) is 7.10. The zero-order valence-corrected chi connectivity index (χ0v) is 21.1. The molecule has 3 heterocycles. The molecule has 7 heteroatoms. The van der Waals surface area contributed by atoms with Crippen LogP contribution in [0.5, 0.6) is 0 Å². The Kier molecular flexibility index (Phi) is 6.83. The lowest BCUT2D eigenvalue weighted by Crippen LogP contribution is -2.38. The van der Waals surface area contributed by atoms with Gasteiger partial charge in [0, 0.05) is 36.5 Å². The van der Waals surface area contributed by atoms with Crippen molar-refractivity contribution < 1.29 is 14.3 Å². The van der Waals surface area contributed by atoms with Crippen molar-refractivity contribution in [3.05, 3.63) is 77.0 Å². The molecule has 1 atom stereocenters. The fourth-order valence-electron chi connectivity index (χ4n) is 5.20. The number of hydrogen-bond donors (Lipinski definition) is 0. The number of hydrogen-bond acceptors (Lipinski definition) is 5. The Morgan fingerprint density at radius 2 is 1.92 bits per heavy atom. The highest BCUT2D eigenvalue weighted by Gasteiger charge is 2.31. The first kappa shape index (κ1) is 24.1. The first-order chi connectivity index (χ1) is 17.5. The topological polar surface area (TPSA) is 75.6 Å². The Bertz CT molecular complexity index is 1270. The summed E-state index contributed by atoms with van der Waals surface area (Å²) >= 11 is 0. The quantitative estimate of drug-likeness (QED) is 0.490. The maximum Gasteiger partial charge on any atom is 0.254 e. The van der Waals surface area contributed by atoms with Crippen LogP contribution in [0.3, 0.4) is 0 Å². The molecule has 7 nitrogen and oxygen atoms in total. The Labute approximate surface area is 212 Å². The molecule has 186 valence electrons. The van der Waals surface area contributed by atoms with Gasteiger partial charge in [-0.2, -0.15) is 0 Å². The summed E-state index contributed by atoms with van der Waals surface area (Å²) in [5, 5.41) is 0. The van der Waals surface area contributed by atoms with Crippen LogP contribution in [-0.2, 0) is 22.5 Å². The highest BCUT2D eigenvalue weighted by atomic mass is 16.5. The molecular weight excluding hydrogens is 452 g/mol. The minimum atomic E-state index is 0.00761. The van der Waals surface area contributed by atoms with Crippen LogP contribution in [-0.4, -0.2) is 53.0 Å². The van der Waals surface area contributed by atoms with E-state index in [9.17, 15) is 9.59 Å². The van der Waals surface area contributed by atoms with Crippen LogP contribution >= 0.6 is 0 Å². The number of amides is 2. The van der Waals surface area contributed by atoms with Crippen molar-refractivity contribution in [2.24, 2.45) is 0 Å². The molecule has 0 bridgehead atoms.